The standard InChI is InChI=1S/C13H19NO3/c1-17-10-9-14-12(13(15)16)8-7-11-5-3-2-4-6-11/h2-6,12,14H,7-10H2,1H3,(H,15,16). The van der Waals surface area contributed by atoms with Crippen molar-refractivity contribution in [1.82, 2.24) is 5.32 Å². The van der Waals surface area contributed by atoms with Crippen LogP contribution >= 0.6 is 0 Å². The Morgan fingerprint density at radius 2 is 2.12 bits per heavy atom. The Labute approximate surface area is 102 Å². The molecule has 94 valence electrons. The normalized spacial score (nSPS) is 12.3. The Morgan fingerprint density at radius 1 is 1.41 bits per heavy atom. The van der Waals surface area contributed by atoms with Gasteiger partial charge in [-0.15, -0.1) is 0 Å². The van der Waals surface area contributed by atoms with Gasteiger partial charge in [0.05, 0.1) is 6.61 Å². The van der Waals surface area contributed by atoms with Gasteiger partial charge in [-0.3, -0.25) is 4.79 Å². The van der Waals surface area contributed by atoms with Gasteiger partial charge in [-0.25, -0.2) is 0 Å². The van der Waals surface area contributed by atoms with Crippen LogP contribution in [0.4, 0.5) is 0 Å². The molecule has 0 aromatic heterocycles. The monoisotopic (exact) mass is 237 g/mol. The molecule has 0 spiro atoms. The van der Waals surface area contributed by atoms with Crippen molar-refractivity contribution in [2.45, 2.75) is 18.9 Å². The smallest absolute Gasteiger partial charge is 0.320 e. The van der Waals surface area contributed by atoms with Gasteiger partial charge in [0.15, 0.2) is 0 Å². The lowest BCUT2D eigenvalue weighted by atomic mass is 10.1. The summed E-state index contributed by atoms with van der Waals surface area (Å²) in [6.07, 6.45) is 1.35. The van der Waals surface area contributed by atoms with Crippen molar-refractivity contribution >= 4 is 5.97 Å². The topological polar surface area (TPSA) is 58.6 Å². The van der Waals surface area contributed by atoms with Crippen LogP contribution in [-0.4, -0.2) is 37.4 Å². The fraction of sp³-hybridized carbons (Fsp3) is 0.462. The molecule has 2 N–H and O–H groups in total. The second-order valence-electron chi connectivity index (χ2n) is 3.86. The summed E-state index contributed by atoms with van der Waals surface area (Å²) in [6, 6.07) is 9.38. The maximum absolute atomic E-state index is 11.0. The fourth-order valence-electron chi connectivity index (χ4n) is 1.60. The van der Waals surface area contributed by atoms with Crippen molar-refractivity contribution in [3.8, 4) is 0 Å². The van der Waals surface area contributed by atoms with Crippen LogP contribution in [-0.2, 0) is 16.0 Å². The number of carboxylic acids is 1. The number of benzene rings is 1. The van der Waals surface area contributed by atoms with E-state index in [-0.39, 0.29) is 0 Å². The summed E-state index contributed by atoms with van der Waals surface area (Å²) in [5, 5.41) is 12.0. The van der Waals surface area contributed by atoms with E-state index in [1.165, 1.54) is 0 Å². The van der Waals surface area contributed by atoms with Crippen molar-refractivity contribution in [3.05, 3.63) is 35.9 Å². The molecule has 1 aromatic carbocycles. The van der Waals surface area contributed by atoms with E-state index in [1.54, 1.807) is 7.11 Å². The third-order valence-electron chi connectivity index (χ3n) is 2.56. The minimum atomic E-state index is -0.808. The highest BCUT2D eigenvalue weighted by molar-refractivity contribution is 5.73. The lowest BCUT2D eigenvalue weighted by Gasteiger charge is -2.13. The number of methoxy groups -OCH3 is 1. The Balaban J connectivity index is 2.36. The molecule has 0 aliphatic heterocycles. The van der Waals surface area contributed by atoms with E-state index in [9.17, 15) is 4.79 Å². The van der Waals surface area contributed by atoms with Gasteiger partial charge < -0.3 is 15.2 Å². The predicted molar refractivity (Wildman–Crippen MR) is 66.1 cm³/mol. The van der Waals surface area contributed by atoms with E-state index in [0.717, 1.165) is 12.0 Å². The number of carboxylic acid groups (broad SMARTS) is 1. The molecule has 4 heteroatoms. The zero-order chi connectivity index (χ0) is 12.5. The molecule has 0 aliphatic carbocycles. The molecule has 0 radical (unpaired) electrons. The molecule has 0 heterocycles. The Bertz CT molecular complexity index is 327. The van der Waals surface area contributed by atoms with Crippen LogP contribution in [0.25, 0.3) is 0 Å². The van der Waals surface area contributed by atoms with Gasteiger partial charge in [0.25, 0.3) is 0 Å². The average molecular weight is 237 g/mol. The highest BCUT2D eigenvalue weighted by atomic mass is 16.5. The van der Waals surface area contributed by atoms with Crippen LogP contribution in [0.1, 0.15) is 12.0 Å². The van der Waals surface area contributed by atoms with Crippen LogP contribution in [0.2, 0.25) is 0 Å². The van der Waals surface area contributed by atoms with E-state index < -0.39 is 12.0 Å². The van der Waals surface area contributed by atoms with Crippen molar-refractivity contribution in [2.24, 2.45) is 0 Å². The summed E-state index contributed by atoms with van der Waals surface area (Å²) >= 11 is 0. The maximum Gasteiger partial charge on any atom is 0.320 e. The third-order valence-corrected chi connectivity index (χ3v) is 2.56. The van der Waals surface area contributed by atoms with Crippen LogP contribution in [0, 0.1) is 0 Å². The predicted octanol–water partition coefficient (Wildman–Crippen LogP) is 1.31. The Kier molecular flexibility index (Phi) is 6.29. The molecule has 0 saturated heterocycles. The van der Waals surface area contributed by atoms with Crippen molar-refractivity contribution in [2.75, 3.05) is 20.3 Å². The Hall–Kier alpha value is -1.39. The number of aliphatic carboxylic acids is 1. The molecule has 0 saturated carbocycles. The number of ether oxygens (including phenoxy) is 1. The van der Waals surface area contributed by atoms with E-state index >= 15 is 0 Å². The molecular formula is C13H19NO3. The molecule has 0 bridgehead atoms. The zero-order valence-corrected chi connectivity index (χ0v) is 10.1. The summed E-state index contributed by atoms with van der Waals surface area (Å²) in [6.45, 7) is 1.08. The summed E-state index contributed by atoms with van der Waals surface area (Å²) in [5.74, 6) is -0.808. The first kappa shape index (κ1) is 13.7. The van der Waals surface area contributed by atoms with Crippen molar-refractivity contribution in [3.63, 3.8) is 0 Å². The second kappa shape index (κ2) is 7.81. The first-order valence-corrected chi connectivity index (χ1v) is 5.73. The zero-order valence-electron chi connectivity index (χ0n) is 10.1. The van der Waals surface area contributed by atoms with Gasteiger partial charge in [0.1, 0.15) is 6.04 Å². The third kappa shape index (κ3) is 5.47. The lowest BCUT2D eigenvalue weighted by molar-refractivity contribution is -0.139. The minimum absolute atomic E-state index is 0.509. The highest BCUT2D eigenvalue weighted by Crippen LogP contribution is 2.05. The number of carbonyl (C=O) groups is 1. The number of nitrogens with one attached hydrogen (secondary N) is 1. The van der Waals surface area contributed by atoms with Gasteiger partial charge in [-0.2, -0.15) is 0 Å². The largest absolute Gasteiger partial charge is 0.480 e. The molecule has 17 heavy (non-hydrogen) atoms. The maximum atomic E-state index is 11.0. The molecule has 0 aliphatic rings. The quantitative estimate of drug-likeness (QED) is 0.669. The average Bonchev–Trinajstić information content (AvgIpc) is 2.34. The van der Waals surface area contributed by atoms with Crippen LogP contribution in [0.5, 0.6) is 0 Å². The first-order valence-electron chi connectivity index (χ1n) is 5.73. The Morgan fingerprint density at radius 3 is 2.71 bits per heavy atom. The summed E-state index contributed by atoms with van der Waals surface area (Å²) in [5.41, 5.74) is 1.16. The van der Waals surface area contributed by atoms with Crippen LogP contribution < -0.4 is 5.32 Å². The molecule has 1 atom stereocenters. The van der Waals surface area contributed by atoms with Crippen molar-refractivity contribution < 1.29 is 14.6 Å². The number of hydrogen-bond donors (Lipinski definition) is 2. The van der Waals surface area contributed by atoms with Gasteiger partial charge in [-0.1, -0.05) is 30.3 Å². The number of aryl methyl sites for hydroxylation is 1. The molecule has 4 nitrogen and oxygen atoms in total. The first-order chi connectivity index (χ1) is 8.24. The van der Waals surface area contributed by atoms with Crippen molar-refractivity contribution in [1.29, 1.82) is 0 Å². The molecular weight excluding hydrogens is 218 g/mol. The lowest BCUT2D eigenvalue weighted by Crippen LogP contribution is -2.38. The number of rotatable bonds is 8. The van der Waals surface area contributed by atoms with Gasteiger partial charge in [0, 0.05) is 13.7 Å². The fourth-order valence-corrected chi connectivity index (χ4v) is 1.60. The van der Waals surface area contributed by atoms with Crippen LogP contribution in [0.3, 0.4) is 0 Å². The van der Waals surface area contributed by atoms with Crippen LogP contribution in [0.15, 0.2) is 30.3 Å². The van der Waals surface area contributed by atoms with Gasteiger partial charge in [-0.05, 0) is 18.4 Å². The molecule has 1 rings (SSSR count). The SMILES string of the molecule is COCCNC(CCc1ccccc1)C(=O)O. The van der Waals surface area contributed by atoms with Gasteiger partial charge >= 0.3 is 5.97 Å². The molecule has 1 unspecified atom stereocenters. The highest BCUT2D eigenvalue weighted by Gasteiger charge is 2.15. The summed E-state index contributed by atoms with van der Waals surface area (Å²) in [7, 11) is 1.60. The van der Waals surface area contributed by atoms with E-state index in [4.69, 9.17) is 9.84 Å². The number of hydrogen-bond acceptors (Lipinski definition) is 3. The van der Waals surface area contributed by atoms with E-state index in [0.29, 0.717) is 19.6 Å². The van der Waals surface area contributed by atoms with E-state index in [1.807, 2.05) is 30.3 Å². The summed E-state index contributed by atoms with van der Waals surface area (Å²) in [4.78, 5) is 11.0. The minimum Gasteiger partial charge on any atom is -0.480 e. The molecule has 0 fully saturated rings. The van der Waals surface area contributed by atoms with E-state index in [2.05, 4.69) is 5.32 Å². The second-order valence-corrected chi connectivity index (χ2v) is 3.86. The molecule has 1 aromatic rings. The summed E-state index contributed by atoms with van der Waals surface area (Å²) < 4.78 is 4.88. The van der Waals surface area contributed by atoms with Gasteiger partial charge in [0.2, 0.25) is 0 Å². The molecule has 0 amide bonds.